The molecule has 0 aromatic heterocycles. The van der Waals surface area contributed by atoms with Gasteiger partial charge in [0.25, 0.3) is 6.71 Å². The molecule has 0 amide bonds. The van der Waals surface area contributed by atoms with Gasteiger partial charge in [-0.3, -0.25) is 0 Å². The molecule has 0 saturated carbocycles. The highest BCUT2D eigenvalue weighted by Crippen LogP contribution is 2.46. The lowest BCUT2D eigenvalue weighted by molar-refractivity contribution is 1.24. The SMILES string of the molecule is Cc1cc2c3c(c1)N1c4ccccc4[Si](C)(C)c4cccc(c41)B3c1cccc3c1N2c1ccccc1[Si]3(C)C. The molecule has 4 aliphatic rings. The molecule has 5 heteroatoms. The molecule has 0 saturated heterocycles. The van der Waals surface area contributed by atoms with E-state index in [1.807, 2.05) is 0 Å². The summed E-state index contributed by atoms with van der Waals surface area (Å²) in [5.41, 5.74) is 14.1. The van der Waals surface area contributed by atoms with Gasteiger partial charge in [0.05, 0.1) is 0 Å². The van der Waals surface area contributed by atoms with E-state index in [2.05, 4.69) is 140 Å². The highest BCUT2D eigenvalue weighted by Gasteiger charge is 2.51. The number of hydrogen-bond acceptors (Lipinski definition) is 2. The third-order valence-electron chi connectivity index (χ3n) is 10.2. The number of benzene rings is 5. The van der Waals surface area contributed by atoms with Crippen LogP contribution in [0.1, 0.15) is 5.56 Å². The summed E-state index contributed by atoms with van der Waals surface area (Å²) in [5, 5.41) is 6.18. The molecule has 0 N–H and O–H groups in total. The lowest BCUT2D eigenvalue weighted by atomic mass is 9.33. The number of rotatable bonds is 0. The Hall–Kier alpha value is -3.80. The van der Waals surface area contributed by atoms with E-state index in [9.17, 15) is 0 Å². The number of nitrogens with zero attached hydrogens (tertiary/aromatic N) is 2. The van der Waals surface area contributed by atoms with Crippen LogP contribution in [0.25, 0.3) is 0 Å². The second-order valence-electron chi connectivity index (χ2n) is 13.1. The largest absolute Gasteiger partial charge is 0.312 e. The van der Waals surface area contributed by atoms with Crippen molar-refractivity contribution < 1.29 is 0 Å². The zero-order chi connectivity index (χ0) is 27.1. The fourth-order valence-electron chi connectivity index (χ4n) is 8.43. The van der Waals surface area contributed by atoms with E-state index in [1.165, 1.54) is 66.4 Å². The molecule has 0 unspecified atom stereocenters. The van der Waals surface area contributed by atoms with Crippen molar-refractivity contribution in [1.82, 2.24) is 0 Å². The molecule has 0 fully saturated rings. The first-order valence-electron chi connectivity index (χ1n) is 14.5. The smallest absolute Gasteiger partial charge is 0.252 e. The fourth-order valence-corrected chi connectivity index (χ4v) is 14.4. The maximum absolute atomic E-state index is 2.63. The molecule has 0 aliphatic carbocycles. The van der Waals surface area contributed by atoms with Crippen molar-refractivity contribution >= 4 is 94.1 Å². The average Bonchev–Trinajstić information content (AvgIpc) is 2.95. The number of aryl methyl sites for hydroxylation is 1. The van der Waals surface area contributed by atoms with Crippen LogP contribution in [-0.4, -0.2) is 22.9 Å². The normalized spacial score (nSPS) is 17.4. The molecule has 40 heavy (non-hydrogen) atoms. The van der Waals surface area contributed by atoms with E-state index in [4.69, 9.17) is 0 Å². The first kappa shape index (κ1) is 23.0. The Labute approximate surface area is 239 Å². The van der Waals surface area contributed by atoms with E-state index >= 15 is 0 Å². The Morgan fingerprint density at radius 2 is 0.925 bits per heavy atom. The monoisotopic (exact) mass is 546 g/mol. The van der Waals surface area contributed by atoms with Crippen LogP contribution in [0, 0.1) is 6.92 Å². The van der Waals surface area contributed by atoms with Crippen LogP contribution >= 0.6 is 0 Å². The Morgan fingerprint density at radius 1 is 0.500 bits per heavy atom. The van der Waals surface area contributed by atoms with E-state index < -0.39 is 16.1 Å². The van der Waals surface area contributed by atoms with Crippen LogP contribution < -0.4 is 46.9 Å². The third-order valence-corrected chi connectivity index (χ3v) is 17.3. The predicted molar refractivity (Wildman–Crippen MR) is 179 cm³/mol. The maximum atomic E-state index is 2.63. The molecule has 2 nitrogen and oxygen atoms in total. The molecule has 0 spiro atoms. The van der Waals surface area contributed by atoms with Gasteiger partial charge in [-0.05, 0) is 73.9 Å². The Kier molecular flexibility index (Phi) is 4.18. The number of anilines is 6. The molecule has 4 aliphatic heterocycles. The minimum atomic E-state index is -1.89. The number of fused-ring (bicyclic) bond motifs is 8. The summed E-state index contributed by atoms with van der Waals surface area (Å²) < 4.78 is 0. The summed E-state index contributed by atoms with van der Waals surface area (Å²) in [5.74, 6) is 0. The summed E-state index contributed by atoms with van der Waals surface area (Å²) in [6.45, 7) is 12.6. The van der Waals surface area contributed by atoms with Gasteiger partial charge in [0.2, 0.25) is 0 Å². The van der Waals surface area contributed by atoms with Gasteiger partial charge in [0, 0.05) is 34.1 Å². The Morgan fingerprint density at radius 3 is 1.40 bits per heavy atom. The van der Waals surface area contributed by atoms with Crippen molar-refractivity contribution in [2.45, 2.75) is 33.1 Å². The summed E-state index contributed by atoms with van der Waals surface area (Å²) in [6, 6.07) is 37.7. The van der Waals surface area contributed by atoms with Gasteiger partial charge < -0.3 is 9.80 Å². The summed E-state index contributed by atoms with van der Waals surface area (Å²) >= 11 is 0. The van der Waals surface area contributed by atoms with Gasteiger partial charge in [-0.2, -0.15) is 0 Å². The Balaban J connectivity index is 1.46. The molecular formula is C35H31BN2Si2. The predicted octanol–water partition coefficient (Wildman–Crippen LogP) is 4.35. The molecular weight excluding hydrogens is 515 g/mol. The molecule has 9 rings (SSSR count). The van der Waals surface area contributed by atoms with Crippen LogP contribution in [0.15, 0.2) is 97.1 Å². The van der Waals surface area contributed by atoms with Crippen molar-refractivity contribution in [3.8, 4) is 0 Å². The van der Waals surface area contributed by atoms with Crippen LogP contribution in [-0.2, 0) is 0 Å². The standard InChI is InChI=1S/C35H31BN2Si2/c1-22-20-27-33-28(21-22)38-26-15-7-9-17-30(26)40(4,5)32-19-11-13-24(35(32)38)36(33)23-12-10-18-31-34(23)37(27)25-14-6-8-16-29(25)39(31,2)3/h6-21H,1-5H3. The topological polar surface area (TPSA) is 6.48 Å². The molecule has 5 aromatic rings. The van der Waals surface area contributed by atoms with Crippen molar-refractivity contribution in [3.63, 3.8) is 0 Å². The van der Waals surface area contributed by atoms with E-state index in [-0.39, 0.29) is 6.71 Å². The minimum Gasteiger partial charge on any atom is -0.312 e. The van der Waals surface area contributed by atoms with Gasteiger partial charge in [-0.15, -0.1) is 0 Å². The fraction of sp³-hybridized carbons (Fsp3) is 0.143. The first-order chi connectivity index (χ1) is 19.3. The third kappa shape index (κ3) is 2.52. The molecule has 192 valence electrons. The quantitative estimate of drug-likeness (QED) is 0.261. The molecule has 4 heterocycles. The average molecular weight is 547 g/mol. The van der Waals surface area contributed by atoms with Crippen LogP contribution in [0.3, 0.4) is 0 Å². The second kappa shape index (κ2) is 7.28. The minimum absolute atomic E-state index is 0.230. The van der Waals surface area contributed by atoms with Crippen molar-refractivity contribution in [3.05, 3.63) is 103 Å². The van der Waals surface area contributed by atoms with Gasteiger partial charge in [-0.1, -0.05) is 99.0 Å². The van der Waals surface area contributed by atoms with Crippen LogP contribution in [0.5, 0.6) is 0 Å². The first-order valence-corrected chi connectivity index (χ1v) is 20.5. The summed E-state index contributed by atoms with van der Waals surface area (Å²) in [4.78, 5) is 5.26. The zero-order valence-corrected chi connectivity index (χ0v) is 25.7. The Bertz CT molecular complexity index is 1820. The molecule has 5 aromatic carbocycles. The zero-order valence-electron chi connectivity index (χ0n) is 23.7. The van der Waals surface area contributed by atoms with Gasteiger partial charge >= 0.3 is 0 Å². The molecule has 0 bridgehead atoms. The van der Waals surface area contributed by atoms with Crippen LogP contribution in [0.4, 0.5) is 34.1 Å². The van der Waals surface area contributed by atoms with E-state index in [0.29, 0.717) is 0 Å². The summed E-state index contributed by atoms with van der Waals surface area (Å²) in [6.07, 6.45) is 0. The van der Waals surface area contributed by atoms with E-state index in [1.54, 1.807) is 10.4 Å². The van der Waals surface area contributed by atoms with Gasteiger partial charge in [0.15, 0.2) is 0 Å². The number of hydrogen-bond donors (Lipinski definition) is 0. The van der Waals surface area contributed by atoms with Gasteiger partial charge in [-0.25, -0.2) is 0 Å². The molecule has 0 radical (unpaired) electrons. The highest BCUT2D eigenvalue weighted by molar-refractivity contribution is 7.07. The van der Waals surface area contributed by atoms with Crippen molar-refractivity contribution in [1.29, 1.82) is 0 Å². The maximum Gasteiger partial charge on any atom is 0.252 e. The van der Waals surface area contributed by atoms with Crippen molar-refractivity contribution in [2.75, 3.05) is 9.80 Å². The van der Waals surface area contributed by atoms with Crippen LogP contribution in [0.2, 0.25) is 26.2 Å². The van der Waals surface area contributed by atoms with Crippen molar-refractivity contribution in [2.24, 2.45) is 0 Å². The second-order valence-corrected chi connectivity index (χ2v) is 21.7. The summed E-state index contributed by atoms with van der Waals surface area (Å²) in [7, 11) is -3.78. The van der Waals surface area contributed by atoms with Gasteiger partial charge in [0.1, 0.15) is 16.1 Å². The van der Waals surface area contributed by atoms with E-state index in [0.717, 1.165) is 0 Å². The molecule has 0 atom stereocenters. The lowest BCUT2D eigenvalue weighted by Gasteiger charge is -2.51. The lowest BCUT2D eigenvalue weighted by Crippen LogP contribution is -2.70. The highest BCUT2D eigenvalue weighted by atomic mass is 28.3. The number of para-hydroxylation sites is 4.